The zero-order valence-corrected chi connectivity index (χ0v) is 15.0. The van der Waals surface area contributed by atoms with E-state index in [-0.39, 0.29) is 23.5 Å². The molecule has 0 radical (unpaired) electrons. The van der Waals surface area contributed by atoms with Gasteiger partial charge in [0.05, 0.1) is 12.6 Å². The molecule has 1 fully saturated rings. The minimum Gasteiger partial charge on any atom is -0.424 e. The van der Waals surface area contributed by atoms with Gasteiger partial charge in [-0.3, -0.25) is 4.79 Å². The van der Waals surface area contributed by atoms with Gasteiger partial charge in [0, 0.05) is 25.0 Å². The molecule has 6 nitrogen and oxygen atoms in total. The Kier molecular flexibility index (Phi) is 5.79. The number of aromatic nitrogens is 2. The van der Waals surface area contributed by atoms with Crippen LogP contribution < -0.4 is 0 Å². The molecule has 0 bridgehead atoms. The zero-order valence-electron chi connectivity index (χ0n) is 15.0. The Bertz CT molecular complexity index is 519. The minimum atomic E-state index is -0.294. The van der Waals surface area contributed by atoms with Crippen molar-refractivity contribution >= 4 is 5.91 Å². The van der Waals surface area contributed by atoms with Crippen LogP contribution in [0.4, 0.5) is 0 Å². The van der Waals surface area contributed by atoms with Crippen molar-refractivity contribution in [1.29, 1.82) is 0 Å². The highest BCUT2D eigenvalue weighted by Gasteiger charge is 2.35. The Balaban J connectivity index is 2.10. The molecule has 1 saturated heterocycles. The largest absolute Gasteiger partial charge is 0.424 e. The number of ether oxygens (including phenoxy) is 1. The summed E-state index contributed by atoms with van der Waals surface area (Å²) in [6, 6.07) is 0. The zero-order chi connectivity index (χ0) is 17.0. The third kappa shape index (κ3) is 4.77. The fourth-order valence-electron chi connectivity index (χ4n) is 3.03. The van der Waals surface area contributed by atoms with E-state index in [1.165, 1.54) is 0 Å². The van der Waals surface area contributed by atoms with E-state index in [0.29, 0.717) is 24.9 Å². The number of carbonyl (C=O) groups is 1. The minimum absolute atomic E-state index is 0.0172. The summed E-state index contributed by atoms with van der Waals surface area (Å²) >= 11 is 0. The van der Waals surface area contributed by atoms with Crippen molar-refractivity contribution in [2.45, 2.75) is 78.5 Å². The molecule has 1 aliphatic heterocycles. The molecule has 6 heteroatoms. The smallest absolute Gasteiger partial charge is 0.235 e. The molecule has 1 aromatic rings. The quantitative estimate of drug-likeness (QED) is 0.833. The average molecular weight is 323 g/mol. The number of aryl methyl sites for hydroxylation is 1. The van der Waals surface area contributed by atoms with E-state index in [0.717, 1.165) is 25.7 Å². The van der Waals surface area contributed by atoms with Crippen molar-refractivity contribution in [2.24, 2.45) is 5.92 Å². The van der Waals surface area contributed by atoms with Crippen LogP contribution >= 0.6 is 0 Å². The fourth-order valence-corrected chi connectivity index (χ4v) is 3.03. The molecule has 1 aromatic heterocycles. The van der Waals surface area contributed by atoms with Crippen LogP contribution in [0, 0.1) is 12.8 Å². The van der Waals surface area contributed by atoms with E-state index in [2.05, 4.69) is 17.1 Å². The van der Waals surface area contributed by atoms with Crippen molar-refractivity contribution in [3.8, 4) is 0 Å². The van der Waals surface area contributed by atoms with Crippen LogP contribution in [-0.4, -0.2) is 39.3 Å². The summed E-state index contributed by atoms with van der Waals surface area (Å²) in [6.07, 6.45) is 3.89. The van der Waals surface area contributed by atoms with Gasteiger partial charge in [-0.15, -0.1) is 10.2 Å². The summed E-state index contributed by atoms with van der Waals surface area (Å²) in [6.45, 7) is 11.0. The van der Waals surface area contributed by atoms with Gasteiger partial charge in [-0.1, -0.05) is 13.3 Å². The van der Waals surface area contributed by atoms with E-state index in [4.69, 9.17) is 9.15 Å². The Labute approximate surface area is 138 Å². The monoisotopic (exact) mass is 323 g/mol. The maximum atomic E-state index is 13.1. The molecule has 0 aromatic carbocycles. The van der Waals surface area contributed by atoms with Crippen molar-refractivity contribution < 1.29 is 13.9 Å². The van der Waals surface area contributed by atoms with Crippen LogP contribution in [0.1, 0.15) is 65.2 Å². The summed E-state index contributed by atoms with van der Waals surface area (Å²) in [7, 11) is 0. The lowest BCUT2D eigenvalue weighted by Gasteiger charge is -2.39. The predicted molar refractivity (Wildman–Crippen MR) is 86.7 cm³/mol. The molecular weight excluding hydrogens is 294 g/mol. The number of amides is 1. The molecule has 1 amide bonds. The Morgan fingerprint density at radius 3 is 2.65 bits per heavy atom. The molecule has 0 aliphatic carbocycles. The van der Waals surface area contributed by atoms with Gasteiger partial charge < -0.3 is 14.1 Å². The highest BCUT2D eigenvalue weighted by Crippen LogP contribution is 2.28. The molecule has 2 atom stereocenters. The van der Waals surface area contributed by atoms with Gasteiger partial charge in [-0.2, -0.15) is 0 Å². The standard InChI is InChI=1S/C17H29N3O3/c1-6-7-14-10-13(8-9-22-14)16(21)20(17(3,4)5)11-15-19-18-12(2)23-15/h13-14H,6-11H2,1-5H3/t13-,14-/m0/s1. The van der Waals surface area contributed by atoms with Crippen LogP contribution in [-0.2, 0) is 16.1 Å². The molecule has 0 N–H and O–H groups in total. The van der Waals surface area contributed by atoms with Gasteiger partial charge in [-0.25, -0.2) is 0 Å². The summed E-state index contributed by atoms with van der Waals surface area (Å²) in [5.74, 6) is 1.19. The van der Waals surface area contributed by atoms with Gasteiger partial charge in [0.25, 0.3) is 0 Å². The summed E-state index contributed by atoms with van der Waals surface area (Å²) in [5.41, 5.74) is -0.294. The van der Waals surface area contributed by atoms with Gasteiger partial charge in [0.15, 0.2) is 0 Å². The van der Waals surface area contributed by atoms with E-state index >= 15 is 0 Å². The van der Waals surface area contributed by atoms with E-state index in [1.807, 2.05) is 25.7 Å². The second-order valence-corrected chi connectivity index (χ2v) is 7.31. The SMILES string of the molecule is CCC[C@H]1C[C@@H](C(=O)N(Cc2nnc(C)o2)C(C)(C)C)CCO1. The van der Waals surface area contributed by atoms with Crippen LogP contribution in [0.2, 0.25) is 0 Å². The first-order valence-electron chi connectivity index (χ1n) is 8.53. The van der Waals surface area contributed by atoms with Crippen LogP contribution in [0.25, 0.3) is 0 Å². The molecule has 130 valence electrons. The number of nitrogens with zero attached hydrogens (tertiary/aromatic N) is 3. The first-order valence-corrected chi connectivity index (χ1v) is 8.53. The maximum absolute atomic E-state index is 13.1. The summed E-state index contributed by atoms with van der Waals surface area (Å²) < 4.78 is 11.2. The second kappa shape index (κ2) is 7.43. The topological polar surface area (TPSA) is 68.5 Å². The lowest BCUT2D eigenvalue weighted by Crippen LogP contribution is -2.49. The van der Waals surface area contributed by atoms with Gasteiger partial charge in [0.1, 0.15) is 0 Å². The Morgan fingerprint density at radius 2 is 2.09 bits per heavy atom. The summed E-state index contributed by atoms with van der Waals surface area (Å²) in [5, 5.41) is 7.89. The molecule has 23 heavy (non-hydrogen) atoms. The highest BCUT2D eigenvalue weighted by molar-refractivity contribution is 5.79. The van der Waals surface area contributed by atoms with E-state index < -0.39 is 0 Å². The highest BCUT2D eigenvalue weighted by atomic mass is 16.5. The van der Waals surface area contributed by atoms with E-state index in [1.54, 1.807) is 6.92 Å². The maximum Gasteiger partial charge on any atom is 0.235 e. The van der Waals surface area contributed by atoms with Crippen LogP contribution in [0.3, 0.4) is 0 Å². The molecule has 0 unspecified atom stereocenters. The van der Waals surface area contributed by atoms with Crippen molar-refractivity contribution in [2.75, 3.05) is 6.61 Å². The molecular formula is C17H29N3O3. The first kappa shape index (κ1) is 17.9. The summed E-state index contributed by atoms with van der Waals surface area (Å²) in [4.78, 5) is 14.9. The molecule has 2 rings (SSSR count). The number of hydrogen-bond acceptors (Lipinski definition) is 5. The third-order valence-corrected chi connectivity index (χ3v) is 4.26. The fraction of sp³-hybridized carbons (Fsp3) is 0.824. The van der Waals surface area contributed by atoms with Gasteiger partial charge in [-0.05, 0) is 40.0 Å². The van der Waals surface area contributed by atoms with E-state index in [9.17, 15) is 4.79 Å². The number of carbonyl (C=O) groups excluding carboxylic acids is 1. The third-order valence-electron chi connectivity index (χ3n) is 4.26. The molecule has 0 spiro atoms. The molecule has 1 aliphatic rings. The second-order valence-electron chi connectivity index (χ2n) is 7.31. The van der Waals surface area contributed by atoms with Crippen LogP contribution in [0.15, 0.2) is 4.42 Å². The number of rotatable bonds is 5. The van der Waals surface area contributed by atoms with Crippen molar-refractivity contribution in [1.82, 2.24) is 15.1 Å². The lowest BCUT2D eigenvalue weighted by molar-refractivity contribution is -0.147. The first-order chi connectivity index (χ1) is 10.8. The molecule has 0 saturated carbocycles. The van der Waals surface area contributed by atoms with Gasteiger partial charge >= 0.3 is 0 Å². The lowest BCUT2D eigenvalue weighted by atomic mass is 9.90. The predicted octanol–water partition coefficient (Wildman–Crippen LogP) is 3.10. The van der Waals surface area contributed by atoms with Crippen molar-refractivity contribution in [3.05, 3.63) is 11.8 Å². The number of hydrogen-bond donors (Lipinski definition) is 0. The van der Waals surface area contributed by atoms with Gasteiger partial charge in [0.2, 0.25) is 17.7 Å². The van der Waals surface area contributed by atoms with Crippen LogP contribution in [0.5, 0.6) is 0 Å². The Hall–Kier alpha value is -1.43. The Morgan fingerprint density at radius 1 is 1.35 bits per heavy atom. The van der Waals surface area contributed by atoms with Crippen molar-refractivity contribution in [3.63, 3.8) is 0 Å². The molecule has 2 heterocycles. The normalized spacial score (nSPS) is 22.1. The average Bonchev–Trinajstić information content (AvgIpc) is 2.89.